The van der Waals surface area contributed by atoms with Gasteiger partial charge in [-0.3, -0.25) is 0 Å². The summed E-state index contributed by atoms with van der Waals surface area (Å²) in [6, 6.07) is 3.61. The molecule has 1 aromatic carbocycles. The molecule has 1 saturated heterocycles. The van der Waals surface area contributed by atoms with E-state index in [4.69, 9.17) is 9.31 Å². The summed E-state index contributed by atoms with van der Waals surface area (Å²) in [7, 11) is -0.340. The fraction of sp³-hybridized carbons (Fsp3) is 0.600. The van der Waals surface area contributed by atoms with Gasteiger partial charge in [-0.15, -0.1) is 0 Å². The van der Waals surface area contributed by atoms with E-state index in [2.05, 4.69) is 0 Å². The highest BCUT2D eigenvalue weighted by Crippen LogP contribution is 2.58. The fourth-order valence-electron chi connectivity index (χ4n) is 2.74. The molecule has 3 rings (SSSR count). The lowest BCUT2D eigenvalue weighted by Crippen LogP contribution is -2.41. The fourth-order valence-corrected chi connectivity index (χ4v) is 2.74. The maximum absolute atomic E-state index is 13.8. The van der Waals surface area contributed by atoms with Crippen molar-refractivity contribution in [2.24, 2.45) is 0 Å². The zero-order chi connectivity index (χ0) is 14.7. The van der Waals surface area contributed by atoms with Gasteiger partial charge >= 0.3 is 7.12 Å². The van der Waals surface area contributed by atoms with E-state index in [1.807, 2.05) is 27.7 Å². The first kappa shape index (κ1) is 14.0. The lowest BCUT2D eigenvalue weighted by atomic mass is 9.79. The summed E-state index contributed by atoms with van der Waals surface area (Å²) in [6.07, 6.45) is 0.775. The third-order valence-electron chi connectivity index (χ3n) is 4.82. The van der Waals surface area contributed by atoms with Crippen LogP contribution >= 0.6 is 0 Å². The summed E-state index contributed by atoms with van der Waals surface area (Å²) in [5, 5.41) is 0. The largest absolute Gasteiger partial charge is 0.461 e. The molecule has 0 N–H and O–H groups in total. The van der Waals surface area contributed by atoms with Gasteiger partial charge in [0.1, 0.15) is 11.6 Å². The molecule has 1 saturated carbocycles. The van der Waals surface area contributed by atoms with Gasteiger partial charge in [-0.25, -0.2) is 8.78 Å². The van der Waals surface area contributed by atoms with E-state index in [9.17, 15) is 8.78 Å². The van der Waals surface area contributed by atoms with E-state index < -0.39 is 5.82 Å². The van der Waals surface area contributed by atoms with Gasteiger partial charge in [0.15, 0.2) is 0 Å². The van der Waals surface area contributed by atoms with Crippen LogP contribution in [0.2, 0.25) is 5.82 Å². The minimum absolute atomic E-state index is 0.0135. The molecular formula is C15H19BF2O2. The second-order valence-electron chi connectivity index (χ2n) is 6.80. The molecule has 1 aliphatic carbocycles. The van der Waals surface area contributed by atoms with Crippen LogP contribution in [0, 0.1) is 11.6 Å². The van der Waals surface area contributed by atoms with Gasteiger partial charge in [-0.1, -0.05) is 0 Å². The Morgan fingerprint density at radius 2 is 1.70 bits per heavy atom. The lowest BCUT2D eigenvalue weighted by molar-refractivity contribution is 0.00578. The molecule has 0 aromatic heterocycles. The van der Waals surface area contributed by atoms with Crippen LogP contribution in [0.4, 0.5) is 8.78 Å². The van der Waals surface area contributed by atoms with Crippen LogP contribution in [0.15, 0.2) is 18.2 Å². The summed E-state index contributed by atoms with van der Waals surface area (Å²) in [5.74, 6) is -0.663. The summed E-state index contributed by atoms with van der Waals surface area (Å²) < 4.78 is 39.0. The van der Waals surface area contributed by atoms with Crippen molar-refractivity contribution in [1.29, 1.82) is 0 Å². The van der Waals surface area contributed by atoms with Gasteiger partial charge in [0.05, 0.1) is 11.2 Å². The average Bonchev–Trinajstić information content (AvgIpc) is 3.06. The zero-order valence-electron chi connectivity index (χ0n) is 12.2. The molecule has 0 spiro atoms. The van der Waals surface area contributed by atoms with E-state index in [0.717, 1.165) is 12.5 Å². The molecule has 2 unspecified atom stereocenters. The van der Waals surface area contributed by atoms with Gasteiger partial charge in [0.25, 0.3) is 0 Å². The van der Waals surface area contributed by atoms with Crippen LogP contribution in [-0.2, 0) is 9.31 Å². The first-order valence-corrected chi connectivity index (χ1v) is 7.02. The van der Waals surface area contributed by atoms with Crippen molar-refractivity contribution in [1.82, 2.24) is 0 Å². The van der Waals surface area contributed by atoms with Crippen molar-refractivity contribution in [2.75, 3.05) is 0 Å². The molecule has 20 heavy (non-hydrogen) atoms. The van der Waals surface area contributed by atoms with Crippen LogP contribution < -0.4 is 0 Å². The monoisotopic (exact) mass is 280 g/mol. The molecule has 1 aromatic rings. The Morgan fingerprint density at radius 3 is 2.30 bits per heavy atom. The predicted molar refractivity (Wildman–Crippen MR) is 73.5 cm³/mol. The van der Waals surface area contributed by atoms with Crippen molar-refractivity contribution in [3.8, 4) is 0 Å². The van der Waals surface area contributed by atoms with Gasteiger partial charge in [-0.2, -0.15) is 0 Å². The van der Waals surface area contributed by atoms with E-state index >= 15 is 0 Å². The van der Waals surface area contributed by atoms with Crippen molar-refractivity contribution >= 4 is 7.12 Å². The van der Waals surface area contributed by atoms with Gasteiger partial charge in [0.2, 0.25) is 0 Å². The molecule has 1 aliphatic heterocycles. The molecule has 0 amide bonds. The number of hydrogen-bond donors (Lipinski definition) is 0. The normalized spacial score (nSPS) is 30.6. The van der Waals surface area contributed by atoms with Gasteiger partial charge in [-0.05, 0) is 63.8 Å². The third-order valence-corrected chi connectivity index (χ3v) is 4.82. The van der Waals surface area contributed by atoms with Crippen molar-refractivity contribution < 1.29 is 18.1 Å². The summed E-state index contributed by atoms with van der Waals surface area (Å²) >= 11 is 0. The van der Waals surface area contributed by atoms with Crippen LogP contribution in [0.5, 0.6) is 0 Å². The second kappa shape index (κ2) is 4.28. The SMILES string of the molecule is CC1(C)OB(C2CC2c2cc(F)ccc2F)OC1(C)C. The van der Waals surface area contributed by atoms with Gasteiger partial charge < -0.3 is 9.31 Å². The molecule has 2 atom stereocenters. The first-order valence-electron chi connectivity index (χ1n) is 7.02. The van der Waals surface area contributed by atoms with Crippen LogP contribution in [-0.4, -0.2) is 18.3 Å². The molecule has 5 heteroatoms. The van der Waals surface area contributed by atoms with Crippen LogP contribution in [0.1, 0.15) is 45.6 Å². The molecule has 1 heterocycles. The maximum Gasteiger partial charge on any atom is 0.461 e. The maximum atomic E-state index is 13.8. The van der Waals surface area contributed by atoms with E-state index in [1.165, 1.54) is 12.1 Å². The molecule has 2 nitrogen and oxygen atoms in total. The van der Waals surface area contributed by atoms with Crippen molar-refractivity contribution in [3.05, 3.63) is 35.4 Å². The van der Waals surface area contributed by atoms with E-state index in [-0.39, 0.29) is 35.9 Å². The Hall–Kier alpha value is -0.935. The first-order chi connectivity index (χ1) is 9.21. The Labute approximate surface area is 118 Å². The van der Waals surface area contributed by atoms with E-state index in [0.29, 0.717) is 5.56 Å². The molecule has 0 bridgehead atoms. The number of rotatable bonds is 2. The quantitative estimate of drug-likeness (QED) is 0.764. The Balaban J connectivity index is 1.76. The Bertz CT molecular complexity index is 529. The minimum atomic E-state index is -0.402. The molecule has 108 valence electrons. The molecule has 2 aliphatic rings. The average molecular weight is 280 g/mol. The summed E-state index contributed by atoms with van der Waals surface area (Å²) in [6.45, 7) is 7.97. The number of hydrogen-bond acceptors (Lipinski definition) is 2. The number of benzene rings is 1. The Morgan fingerprint density at radius 1 is 1.10 bits per heavy atom. The third kappa shape index (κ3) is 2.17. The topological polar surface area (TPSA) is 18.5 Å². The zero-order valence-corrected chi connectivity index (χ0v) is 12.2. The summed E-state index contributed by atoms with van der Waals surface area (Å²) in [4.78, 5) is 0. The highest BCUT2D eigenvalue weighted by atomic mass is 19.1. The standard InChI is InChI=1S/C15H19BF2O2/c1-14(2)15(3,4)20-16(19-14)12-8-10(12)11-7-9(17)5-6-13(11)18/h5-7,10,12H,8H2,1-4H3. The molecule has 0 radical (unpaired) electrons. The highest BCUT2D eigenvalue weighted by molar-refractivity contribution is 6.49. The molecular weight excluding hydrogens is 261 g/mol. The predicted octanol–water partition coefficient (Wildman–Crippen LogP) is 3.91. The second-order valence-corrected chi connectivity index (χ2v) is 6.80. The smallest absolute Gasteiger partial charge is 0.403 e. The highest BCUT2D eigenvalue weighted by Gasteiger charge is 2.60. The van der Waals surface area contributed by atoms with Crippen LogP contribution in [0.25, 0.3) is 0 Å². The van der Waals surface area contributed by atoms with Crippen molar-refractivity contribution in [3.63, 3.8) is 0 Å². The Kier molecular flexibility index (Phi) is 3.00. The molecule has 2 fully saturated rings. The summed E-state index contributed by atoms with van der Waals surface area (Å²) in [5.41, 5.74) is -0.332. The van der Waals surface area contributed by atoms with E-state index in [1.54, 1.807) is 0 Å². The van der Waals surface area contributed by atoms with Gasteiger partial charge in [0, 0.05) is 5.82 Å². The minimum Gasteiger partial charge on any atom is -0.403 e. The van der Waals surface area contributed by atoms with Crippen molar-refractivity contribution in [2.45, 2.75) is 57.1 Å². The number of halogens is 2. The van der Waals surface area contributed by atoms with Crippen LogP contribution in [0.3, 0.4) is 0 Å². The lowest BCUT2D eigenvalue weighted by Gasteiger charge is -2.32.